The van der Waals surface area contributed by atoms with Gasteiger partial charge in [0.15, 0.2) is 0 Å². The van der Waals surface area contributed by atoms with Crippen LogP contribution in [0.3, 0.4) is 0 Å². The number of benzene rings is 1. The number of nitrogens with one attached hydrogen (secondary N) is 1. The number of H-pyrrole nitrogens is 1. The zero-order valence-electron chi connectivity index (χ0n) is 14.8. The van der Waals surface area contributed by atoms with Gasteiger partial charge in [-0.15, -0.1) is 0 Å². The smallest absolute Gasteiger partial charge is 0.369 e. The number of nitrogens with zero attached hydrogens (tertiary/aromatic N) is 3. The molecule has 3 heterocycles. The Hall–Kier alpha value is -3.07. The summed E-state index contributed by atoms with van der Waals surface area (Å²) in [4.78, 5) is 21.0. The van der Waals surface area contributed by atoms with Crippen LogP contribution in [0.2, 0.25) is 0 Å². The van der Waals surface area contributed by atoms with Crippen LogP contribution in [0.15, 0.2) is 47.4 Å². The van der Waals surface area contributed by atoms with E-state index in [0.717, 1.165) is 23.5 Å². The van der Waals surface area contributed by atoms with Crippen molar-refractivity contribution in [3.63, 3.8) is 0 Å². The molecule has 6 nitrogen and oxygen atoms in total. The first-order valence-corrected chi connectivity index (χ1v) is 8.75. The molecule has 3 N–H and O–H groups in total. The van der Waals surface area contributed by atoms with E-state index >= 15 is 0 Å². The highest BCUT2D eigenvalue weighted by Gasteiger charge is 2.30. The number of rotatable bonds is 3. The molecule has 0 saturated heterocycles. The molecule has 1 aliphatic rings. The van der Waals surface area contributed by atoms with Crippen LogP contribution >= 0.6 is 0 Å². The van der Waals surface area contributed by atoms with Gasteiger partial charge in [0.1, 0.15) is 0 Å². The summed E-state index contributed by atoms with van der Waals surface area (Å²) < 4.78 is 40.2. The maximum Gasteiger partial charge on any atom is 0.416 e. The highest BCUT2D eigenvalue weighted by molar-refractivity contribution is 5.38. The van der Waals surface area contributed by atoms with Crippen LogP contribution in [0.4, 0.5) is 19.1 Å². The number of aromatic amines is 1. The quantitative estimate of drug-likeness (QED) is 0.722. The van der Waals surface area contributed by atoms with Gasteiger partial charge in [-0.2, -0.15) is 13.2 Å². The van der Waals surface area contributed by atoms with Gasteiger partial charge in [0.05, 0.1) is 16.8 Å². The molecule has 0 radical (unpaired) electrons. The molecule has 0 amide bonds. The molecule has 4 rings (SSSR count). The van der Waals surface area contributed by atoms with Gasteiger partial charge in [0, 0.05) is 43.6 Å². The third-order valence-corrected chi connectivity index (χ3v) is 4.86. The Morgan fingerprint density at radius 1 is 1.18 bits per heavy atom. The highest BCUT2D eigenvalue weighted by Crippen LogP contribution is 2.30. The van der Waals surface area contributed by atoms with E-state index in [-0.39, 0.29) is 11.5 Å². The van der Waals surface area contributed by atoms with Gasteiger partial charge in [-0.05, 0) is 36.4 Å². The number of alkyl halides is 3. The second-order valence-corrected chi connectivity index (χ2v) is 6.75. The van der Waals surface area contributed by atoms with E-state index in [9.17, 15) is 18.0 Å². The average Bonchev–Trinajstić information content (AvgIpc) is 3.09. The molecular weight excluding hydrogens is 371 g/mol. The number of nitrogens with two attached hydrogens (primary N) is 1. The number of fused-ring (bicyclic) bond motifs is 1. The summed E-state index contributed by atoms with van der Waals surface area (Å²) >= 11 is 0. The summed E-state index contributed by atoms with van der Waals surface area (Å²) in [7, 11) is 0. The number of aromatic nitrogens is 3. The van der Waals surface area contributed by atoms with Crippen molar-refractivity contribution in [2.24, 2.45) is 0 Å². The summed E-state index contributed by atoms with van der Waals surface area (Å²) in [5.74, 6) is 0.119. The van der Waals surface area contributed by atoms with Crippen LogP contribution in [0, 0.1) is 0 Å². The lowest BCUT2D eigenvalue weighted by molar-refractivity contribution is -0.137. The van der Waals surface area contributed by atoms with E-state index in [2.05, 4.69) is 14.9 Å². The van der Waals surface area contributed by atoms with Crippen LogP contribution in [0.25, 0.3) is 5.69 Å². The standard InChI is InChI=1S/C19H18F3N5O/c20-19(21,22)12-3-5-13(6-4-12)27-8-1-2-14(27)10-26-9-7-16-15(11-26)17(28)25-18(23)24-16/h1-6,8H,7,9-11H2,(H3,23,24,25,28). The van der Waals surface area contributed by atoms with Crippen molar-refractivity contribution in [2.75, 3.05) is 12.3 Å². The molecule has 1 aromatic carbocycles. The Kier molecular flexibility index (Phi) is 4.46. The third kappa shape index (κ3) is 3.53. The number of nitrogen functional groups attached to an aromatic ring is 1. The zero-order chi connectivity index (χ0) is 19.9. The third-order valence-electron chi connectivity index (χ3n) is 4.86. The summed E-state index contributed by atoms with van der Waals surface area (Å²) in [5, 5.41) is 0. The minimum absolute atomic E-state index is 0.119. The van der Waals surface area contributed by atoms with E-state index in [0.29, 0.717) is 37.3 Å². The van der Waals surface area contributed by atoms with Crippen molar-refractivity contribution < 1.29 is 13.2 Å². The summed E-state index contributed by atoms with van der Waals surface area (Å²) in [6.07, 6.45) is -1.93. The number of hydrogen-bond donors (Lipinski definition) is 2. The Morgan fingerprint density at radius 2 is 1.93 bits per heavy atom. The minimum Gasteiger partial charge on any atom is -0.369 e. The van der Waals surface area contributed by atoms with Crippen molar-refractivity contribution in [1.82, 2.24) is 19.4 Å². The van der Waals surface area contributed by atoms with Crippen molar-refractivity contribution in [3.8, 4) is 5.69 Å². The molecular formula is C19H18F3N5O. The van der Waals surface area contributed by atoms with Gasteiger partial charge in [-0.3, -0.25) is 14.7 Å². The molecule has 0 bridgehead atoms. The van der Waals surface area contributed by atoms with Crippen molar-refractivity contribution in [2.45, 2.75) is 25.7 Å². The monoisotopic (exact) mass is 389 g/mol. The maximum absolute atomic E-state index is 12.8. The molecule has 0 fully saturated rings. The molecule has 0 atom stereocenters. The highest BCUT2D eigenvalue weighted by atomic mass is 19.4. The van der Waals surface area contributed by atoms with Gasteiger partial charge in [0.25, 0.3) is 5.56 Å². The molecule has 9 heteroatoms. The van der Waals surface area contributed by atoms with Gasteiger partial charge in [-0.25, -0.2) is 4.98 Å². The Morgan fingerprint density at radius 3 is 2.64 bits per heavy atom. The van der Waals surface area contributed by atoms with E-state index in [1.807, 2.05) is 22.9 Å². The predicted molar refractivity (Wildman–Crippen MR) is 97.9 cm³/mol. The second kappa shape index (κ2) is 6.83. The van der Waals surface area contributed by atoms with Gasteiger partial charge < -0.3 is 10.3 Å². The summed E-state index contributed by atoms with van der Waals surface area (Å²) in [6.45, 7) is 1.70. The average molecular weight is 389 g/mol. The Balaban J connectivity index is 1.55. The molecule has 28 heavy (non-hydrogen) atoms. The number of halogens is 3. The molecule has 146 valence electrons. The Labute approximate surface area is 158 Å². The van der Waals surface area contributed by atoms with E-state index in [1.54, 1.807) is 0 Å². The maximum atomic E-state index is 12.8. The molecule has 0 aliphatic carbocycles. The fraction of sp³-hybridized carbons (Fsp3) is 0.263. The van der Waals surface area contributed by atoms with Crippen molar-refractivity contribution in [1.29, 1.82) is 0 Å². The fourth-order valence-corrected chi connectivity index (χ4v) is 3.47. The zero-order valence-corrected chi connectivity index (χ0v) is 14.8. The molecule has 0 spiro atoms. The lowest BCUT2D eigenvalue weighted by Crippen LogP contribution is -2.36. The normalized spacial score (nSPS) is 14.8. The largest absolute Gasteiger partial charge is 0.416 e. The summed E-state index contributed by atoms with van der Waals surface area (Å²) in [6, 6.07) is 8.82. The van der Waals surface area contributed by atoms with E-state index < -0.39 is 11.7 Å². The first-order chi connectivity index (χ1) is 13.3. The summed E-state index contributed by atoms with van der Waals surface area (Å²) in [5.41, 5.74) is 7.58. The van der Waals surface area contributed by atoms with E-state index in [1.165, 1.54) is 12.1 Å². The van der Waals surface area contributed by atoms with Crippen LogP contribution < -0.4 is 11.3 Å². The van der Waals surface area contributed by atoms with Crippen LogP contribution in [0.5, 0.6) is 0 Å². The van der Waals surface area contributed by atoms with Crippen LogP contribution in [0.1, 0.15) is 22.5 Å². The lowest BCUT2D eigenvalue weighted by atomic mass is 10.1. The molecule has 1 aliphatic heterocycles. The Bertz CT molecular complexity index is 1050. The van der Waals surface area contributed by atoms with Gasteiger partial charge in [0.2, 0.25) is 5.95 Å². The minimum atomic E-state index is -4.36. The predicted octanol–water partition coefficient (Wildman–Crippen LogP) is 2.72. The van der Waals surface area contributed by atoms with E-state index in [4.69, 9.17) is 5.73 Å². The topological polar surface area (TPSA) is 79.9 Å². The van der Waals surface area contributed by atoms with Gasteiger partial charge >= 0.3 is 6.18 Å². The molecule has 2 aromatic heterocycles. The lowest BCUT2D eigenvalue weighted by Gasteiger charge is -2.28. The van der Waals surface area contributed by atoms with Crippen LogP contribution in [-0.2, 0) is 25.7 Å². The van der Waals surface area contributed by atoms with Crippen molar-refractivity contribution in [3.05, 3.63) is 75.5 Å². The SMILES string of the molecule is Nc1nc2c(c(=O)[nH]1)CN(Cc1cccn1-c1ccc(C(F)(F)F)cc1)CC2. The van der Waals surface area contributed by atoms with Crippen molar-refractivity contribution >= 4 is 5.95 Å². The fourth-order valence-electron chi connectivity index (χ4n) is 3.47. The molecule has 0 unspecified atom stereocenters. The number of anilines is 1. The van der Waals surface area contributed by atoms with Crippen LogP contribution in [-0.4, -0.2) is 26.0 Å². The molecule has 0 saturated carbocycles. The van der Waals surface area contributed by atoms with Gasteiger partial charge in [-0.1, -0.05) is 0 Å². The first-order valence-electron chi connectivity index (χ1n) is 8.75. The number of hydrogen-bond acceptors (Lipinski definition) is 4. The first kappa shape index (κ1) is 18.3. The second-order valence-electron chi connectivity index (χ2n) is 6.75. The molecule has 3 aromatic rings.